The third-order valence-corrected chi connectivity index (χ3v) is 5.42. The van der Waals surface area contributed by atoms with E-state index >= 15 is 0 Å². The smallest absolute Gasteiger partial charge is 0.389 e. The average molecular weight is 444 g/mol. The van der Waals surface area contributed by atoms with Crippen LogP contribution >= 0.6 is 0 Å². The Kier molecular flexibility index (Phi) is 6.44. The number of halogens is 4. The second kappa shape index (κ2) is 8.74. The topological polar surface area (TPSA) is 70.7 Å². The van der Waals surface area contributed by atoms with Gasteiger partial charge in [0, 0.05) is 40.2 Å². The van der Waals surface area contributed by atoms with Crippen LogP contribution < -0.4 is 21.0 Å². The van der Waals surface area contributed by atoms with Gasteiger partial charge >= 0.3 is 11.9 Å². The molecular weight excluding hydrogens is 420 g/mol. The van der Waals surface area contributed by atoms with Crippen molar-refractivity contribution in [3.05, 3.63) is 56.5 Å². The second-order valence-corrected chi connectivity index (χ2v) is 7.55. The number of fused-ring (bicyclic) bond motifs is 1. The maximum absolute atomic E-state index is 13.3. The van der Waals surface area contributed by atoms with E-state index in [1.54, 1.807) is 7.05 Å². The van der Waals surface area contributed by atoms with E-state index in [9.17, 15) is 27.2 Å². The fraction of sp³-hybridized carbons (Fsp3) is 0.500. The predicted octanol–water partition coefficient (Wildman–Crippen LogP) is 2.19. The highest BCUT2D eigenvalue weighted by Gasteiger charge is 2.41. The first-order valence-electron chi connectivity index (χ1n) is 9.80. The highest BCUT2D eigenvalue weighted by Crippen LogP contribution is 2.38. The van der Waals surface area contributed by atoms with Crippen LogP contribution in [0, 0.1) is 5.82 Å². The maximum Gasteiger partial charge on any atom is 0.389 e. The van der Waals surface area contributed by atoms with Gasteiger partial charge in [0.05, 0.1) is 0 Å². The molecule has 1 unspecified atom stereocenters. The van der Waals surface area contributed by atoms with Gasteiger partial charge in [0.1, 0.15) is 23.5 Å². The minimum absolute atomic E-state index is 0.0173. The molecule has 0 spiro atoms. The van der Waals surface area contributed by atoms with Gasteiger partial charge in [0.15, 0.2) is 0 Å². The molecule has 170 valence electrons. The third kappa shape index (κ3) is 4.60. The monoisotopic (exact) mass is 444 g/mol. The lowest BCUT2D eigenvalue weighted by atomic mass is 10.1. The van der Waals surface area contributed by atoms with Gasteiger partial charge in [0.2, 0.25) is 0 Å². The number of hydrogen-bond donors (Lipinski definition) is 1. The number of aliphatic hydroxyl groups is 1. The molecule has 1 aromatic heterocycles. The molecular formula is C20H24F4N4O3. The Morgan fingerprint density at radius 2 is 1.74 bits per heavy atom. The number of rotatable bonds is 7. The van der Waals surface area contributed by atoms with Crippen molar-refractivity contribution < 1.29 is 22.7 Å². The predicted molar refractivity (Wildman–Crippen MR) is 108 cm³/mol. The van der Waals surface area contributed by atoms with E-state index in [0.717, 1.165) is 4.57 Å². The van der Waals surface area contributed by atoms with Crippen molar-refractivity contribution in [1.29, 1.82) is 0 Å². The first-order valence-corrected chi connectivity index (χ1v) is 9.80. The molecule has 0 amide bonds. The minimum Gasteiger partial charge on any atom is -0.396 e. The van der Waals surface area contributed by atoms with Crippen molar-refractivity contribution in [2.45, 2.75) is 44.7 Å². The zero-order chi connectivity index (χ0) is 22.9. The highest BCUT2D eigenvalue weighted by atomic mass is 19.4. The highest BCUT2D eigenvalue weighted by molar-refractivity contribution is 5.73. The molecule has 0 radical (unpaired) electrons. The van der Waals surface area contributed by atoms with Crippen molar-refractivity contribution in [1.82, 2.24) is 9.13 Å². The first-order chi connectivity index (χ1) is 14.5. The molecule has 1 aromatic carbocycles. The molecule has 11 heteroatoms. The van der Waals surface area contributed by atoms with Crippen molar-refractivity contribution in [2.24, 2.45) is 7.05 Å². The number of aliphatic hydroxyl groups excluding tert-OH is 1. The van der Waals surface area contributed by atoms with E-state index in [0.29, 0.717) is 5.56 Å². The number of benzene rings is 1. The third-order valence-electron chi connectivity index (χ3n) is 5.42. The fourth-order valence-electron chi connectivity index (χ4n) is 3.93. The summed E-state index contributed by atoms with van der Waals surface area (Å²) in [5.41, 5.74) is -0.522. The Hall–Kier alpha value is -2.82. The first kappa shape index (κ1) is 22.9. The molecule has 0 aliphatic carbocycles. The number of hydrogen-bond acceptors (Lipinski definition) is 5. The summed E-state index contributed by atoms with van der Waals surface area (Å²) in [6, 6.07) is 5.48. The van der Waals surface area contributed by atoms with Crippen molar-refractivity contribution in [2.75, 3.05) is 23.5 Å². The van der Waals surface area contributed by atoms with Crippen LogP contribution in [0.25, 0.3) is 0 Å². The number of anilines is 2. The van der Waals surface area contributed by atoms with Gasteiger partial charge in [-0.2, -0.15) is 13.2 Å². The summed E-state index contributed by atoms with van der Waals surface area (Å²) < 4.78 is 54.4. The van der Waals surface area contributed by atoms with Crippen molar-refractivity contribution in [3.8, 4) is 0 Å². The van der Waals surface area contributed by atoms with Crippen LogP contribution in [0.1, 0.15) is 24.8 Å². The van der Waals surface area contributed by atoms with Gasteiger partial charge in [-0.25, -0.2) is 9.18 Å². The Morgan fingerprint density at radius 1 is 1.10 bits per heavy atom. The average Bonchev–Trinajstić information content (AvgIpc) is 2.97. The number of aromatic nitrogens is 2. The number of alkyl halides is 3. The summed E-state index contributed by atoms with van der Waals surface area (Å²) in [4.78, 5) is 28.9. The molecule has 1 aliphatic heterocycles. The van der Waals surface area contributed by atoms with E-state index in [1.807, 2.05) is 0 Å². The quantitative estimate of drug-likeness (QED) is 0.663. The van der Waals surface area contributed by atoms with Crippen LogP contribution in [-0.2, 0) is 20.1 Å². The Labute approximate surface area is 175 Å². The molecule has 31 heavy (non-hydrogen) atoms. The van der Waals surface area contributed by atoms with Crippen LogP contribution in [0.4, 0.5) is 29.1 Å². The Morgan fingerprint density at radius 3 is 2.32 bits per heavy atom. The normalized spacial score (nSPS) is 16.2. The van der Waals surface area contributed by atoms with Crippen LogP contribution in [0.5, 0.6) is 0 Å². The Bertz CT molecular complexity index is 1050. The van der Waals surface area contributed by atoms with E-state index < -0.39 is 35.8 Å². The number of nitrogens with zero attached hydrogens (tertiary/aromatic N) is 4. The summed E-state index contributed by atoms with van der Waals surface area (Å²) >= 11 is 0. The van der Waals surface area contributed by atoms with Crippen molar-refractivity contribution >= 4 is 11.5 Å². The van der Waals surface area contributed by atoms with Crippen LogP contribution in [0.15, 0.2) is 33.9 Å². The lowest BCUT2D eigenvalue weighted by Crippen LogP contribution is -2.43. The van der Waals surface area contributed by atoms with Crippen molar-refractivity contribution in [3.63, 3.8) is 0 Å². The molecule has 0 saturated carbocycles. The van der Waals surface area contributed by atoms with Gasteiger partial charge in [-0.1, -0.05) is 12.1 Å². The molecule has 1 atom stereocenters. The molecule has 0 saturated heterocycles. The summed E-state index contributed by atoms with van der Waals surface area (Å²) in [6.45, 7) is -0.176. The zero-order valence-electron chi connectivity index (χ0n) is 17.2. The summed E-state index contributed by atoms with van der Waals surface area (Å²) in [5, 5.41) is 9.09. The molecule has 3 rings (SSSR count). The van der Waals surface area contributed by atoms with Crippen LogP contribution in [0.3, 0.4) is 0 Å². The molecule has 0 bridgehead atoms. The van der Waals surface area contributed by atoms with E-state index in [2.05, 4.69) is 0 Å². The lowest BCUT2D eigenvalue weighted by molar-refractivity contribution is -0.136. The largest absolute Gasteiger partial charge is 0.396 e. The summed E-state index contributed by atoms with van der Waals surface area (Å²) in [6.07, 6.45) is -6.42. The van der Waals surface area contributed by atoms with Gasteiger partial charge < -0.3 is 14.9 Å². The summed E-state index contributed by atoms with van der Waals surface area (Å²) in [7, 11) is 3.00. The molecule has 1 aliphatic rings. The van der Waals surface area contributed by atoms with Gasteiger partial charge in [-0.3, -0.25) is 13.9 Å². The lowest BCUT2D eigenvalue weighted by Gasteiger charge is -2.31. The van der Waals surface area contributed by atoms with Gasteiger partial charge in [-0.15, -0.1) is 0 Å². The Balaban J connectivity index is 2.12. The van der Waals surface area contributed by atoms with E-state index in [4.69, 9.17) is 5.11 Å². The molecule has 2 aromatic rings. The van der Waals surface area contributed by atoms with E-state index in [1.165, 1.54) is 45.7 Å². The molecule has 7 nitrogen and oxygen atoms in total. The van der Waals surface area contributed by atoms with E-state index in [-0.39, 0.29) is 44.0 Å². The summed E-state index contributed by atoms with van der Waals surface area (Å²) in [5.74, 6) is -0.227. The standard InChI is InChI=1S/C20H24F4N4O3/c1-25-15(8-9-20(22,23)24)28(12-13-4-6-14(21)7-5-13)16-17(25)26(2)19(31)27(18(16)30)10-3-11-29/h4-7,15,29H,3,8-12H2,1-2H3. The SMILES string of the molecule is CN1c2c(c(=O)n(CCCO)c(=O)n2C)N(Cc2ccc(F)cc2)C1CCC(F)(F)F. The molecule has 1 N–H and O–H groups in total. The molecule has 0 fully saturated rings. The van der Waals surface area contributed by atoms with Crippen LogP contribution in [0.2, 0.25) is 0 Å². The minimum atomic E-state index is -4.38. The van der Waals surface area contributed by atoms with Gasteiger partial charge in [-0.05, 0) is 30.5 Å². The maximum atomic E-state index is 13.3. The fourth-order valence-corrected chi connectivity index (χ4v) is 3.93. The zero-order valence-corrected chi connectivity index (χ0v) is 17.2. The second-order valence-electron chi connectivity index (χ2n) is 7.55. The van der Waals surface area contributed by atoms with Gasteiger partial charge in [0.25, 0.3) is 5.56 Å². The molecule has 2 heterocycles. The van der Waals surface area contributed by atoms with Crippen LogP contribution in [-0.4, -0.2) is 40.2 Å².